The first-order chi connectivity index (χ1) is 10.4. The second-order valence-electron chi connectivity index (χ2n) is 7.00. The monoisotopic (exact) mass is 306 g/mol. The molecule has 0 radical (unpaired) electrons. The number of nitrogens with one attached hydrogen (secondary N) is 1. The maximum atomic E-state index is 12.5. The highest BCUT2D eigenvalue weighted by Gasteiger charge is 2.56. The maximum absolute atomic E-state index is 12.5. The minimum atomic E-state index is -0.886. The third kappa shape index (κ3) is 2.00. The standard InChI is InChI=1S/C16H22N2O4/c1-9(2)18-12(19)10-5-3-7-16(14(21)17-15(16)22)8-4-6-11(10)13(18)20/h9-11H,3-8H2,1-2H3,(H,17,21,22). The molecule has 3 rings (SSSR count). The van der Waals surface area contributed by atoms with Gasteiger partial charge in [-0.15, -0.1) is 0 Å². The van der Waals surface area contributed by atoms with E-state index in [0.29, 0.717) is 38.5 Å². The highest BCUT2D eigenvalue weighted by molar-refractivity contribution is 6.21. The van der Waals surface area contributed by atoms with Crippen LogP contribution in [0.4, 0.5) is 0 Å². The van der Waals surface area contributed by atoms with Gasteiger partial charge in [-0.3, -0.25) is 29.4 Å². The van der Waals surface area contributed by atoms with E-state index in [2.05, 4.69) is 5.32 Å². The van der Waals surface area contributed by atoms with Gasteiger partial charge in [0.05, 0.1) is 11.8 Å². The first-order valence-electron chi connectivity index (χ1n) is 8.11. The molecule has 22 heavy (non-hydrogen) atoms. The van der Waals surface area contributed by atoms with Crippen LogP contribution in [0.25, 0.3) is 0 Å². The van der Waals surface area contributed by atoms with Gasteiger partial charge in [-0.1, -0.05) is 12.8 Å². The number of nitrogens with zero attached hydrogens (tertiary/aromatic N) is 1. The Labute approximate surface area is 129 Å². The summed E-state index contributed by atoms with van der Waals surface area (Å²) in [4.78, 5) is 50.1. The molecule has 2 aliphatic heterocycles. The Hall–Kier alpha value is -1.72. The number of rotatable bonds is 1. The van der Waals surface area contributed by atoms with Crippen LogP contribution < -0.4 is 5.32 Å². The van der Waals surface area contributed by atoms with Crippen molar-refractivity contribution in [1.29, 1.82) is 0 Å². The number of hydrogen-bond donors (Lipinski definition) is 1. The number of hydrogen-bond acceptors (Lipinski definition) is 4. The summed E-state index contributed by atoms with van der Waals surface area (Å²) in [6.07, 6.45) is 3.41. The van der Waals surface area contributed by atoms with Gasteiger partial charge in [-0.05, 0) is 39.5 Å². The molecule has 4 amide bonds. The van der Waals surface area contributed by atoms with Gasteiger partial charge in [-0.2, -0.15) is 0 Å². The molecule has 0 aromatic heterocycles. The van der Waals surface area contributed by atoms with Crippen LogP contribution in [0.5, 0.6) is 0 Å². The molecule has 0 aromatic rings. The lowest BCUT2D eigenvalue weighted by Gasteiger charge is -2.38. The number of β-lactam (4-membered cyclic amide) rings is 2. The molecule has 6 nitrogen and oxygen atoms in total. The number of carbonyl (C=O) groups is 4. The van der Waals surface area contributed by atoms with Crippen LogP contribution in [0.3, 0.4) is 0 Å². The van der Waals surface area contributed by atoms with Gasteiger partial charge >= 0.3 is 0 Å². The van der Waals surface area contributed by atoms with Crippen LogP contribution in [0.1, 0.15) is 52.4 Å². The quantitative estimate of drug-likeness (QED) is 0.445. The van der Waals surface area contributed by atoms with Crippen LogP contribution in [0.15, 0.2) is 0 Å². The van der Waals surface area contributed by atoms with Crippen LogP contribution in [-0.2, 0) is 19.2 Å². The smallest absolute Gasteiger partial charge is 0.242 e. The van der Waals surface area contributed by atoms with E-state index < -0.39 is 5.41 Å². The number of imide groups is 2. The zero-order valence-electron chi connectivity index (χ0n) is 13.1. The van der Waals surface area contributed by atoms with Gasteiger partial charge in [0.1, 0.15) is 5.41 Å². The molecule has 3 aliphatic rings. The zero-order chi connectivity index (χ0) is 16.1. The third-order valence-electron chi connectivity index (χ3n) is 5.45. The van der Waals surface area contributed by atoms with Crippen molar-refractivity contribution in [1.82, 2.24) is 10.2 Å². The van der Waals surface area contributed by atoms with E-state index in [-0.39, 0.29) is 41.5 Å². The van der Waals surface area contributed by atoms with Crippen LogP contribution in [0.2, 0.25) is 0 Å². The fraction of sp³-hybridized carbons (Fsp3) is 0.750. The normalized spacial score (nSPS) is 31.5. The molecule has 1 aliphatic carbocycles. The van der Waals surface area contributed by atoms with Gasteiger partial charge in [-0.25, -0.2) is 0 Å². The summed E-state index contributed by atoms with van der Waals surface area (Å²) < 4.78 is 0. The van der Waals surface area contributed by atoms with Crippen molar-refractivity contribution in [3.63, 3.8) is 0 Å². The third-order valence-corrected chi connectivity index (χ3v) is 5.45. The van der Waals surface area contributed by atoms with Crippen LogP contribution in [0, 0.1) is 17.3 Å². The summed E-state index contributed by atoms with van der Waals surface area (Å²) in [5, 5.41) is 2.30. The first-order valence-corrected chi connectivity index (χ1v) is 8.11. The van der Waals surface area contributed by atoms with Gasteiger partial charge in [0.2, 0.25) is 23.6 Å². The van der Waals surface area contributed by atoms with E-state index in [9.17, 15) is 19.2 Å². The van der Waals surface area contributed by atoms with E-state index >= 15 is 0 Å². The largest absolute Gasteiger partial charge is 0.295 e. The van der Waals surface area contributed by atoms with Crippen molar-refractivity contribution in [3.05, 3.63) is 0 Å². The predicted octanol–water partition coefficient (Wildman–Crippen LogP) is 0.993. The molecule has 6 heteroatoms. The van der Waals surface area contributed by atoms with Crippen molar-refractivity contribution in [2.75, 3.05) is 0 Å². The van der Waals surface area contributed by atoms with E-state index in [4.69, 9.17) is 0 Å². The van der Waals surface area contributed by atoms with Crippen molar-refractivity contribution < 1.29 is 19.2 Å². The van der Waals surface area contributed by atoms with Crippen molar-refractivity contribution in [3.8, 4) is 0 Å². The summed E-state index contributed by atoms with van der Waals surface area (Å²) in [7, 11) is 0. The molecular weight excluding hydrogens is 284 g/mol. The molecule has 120 valence electrons. The van der Waals surface area contributed by atoms with Crippen LogP contribution >= 0.6 is 0 Å². The highest BCUT2D eigenvalue weighted by atomic mass is 16.2. The molecule has 0 aromatic carbocycles. The fourth-order valence-corrected chi connectivity index (χ4v) is 4.18. The lowest BCUT2D eigenvalue weighted by atomic mass is 9.72. The molecular formula is C16H22N2O4. The minimum absolute atomic E-state index is 0.0784. The van der Waals surface area contributed by atoms with Crippen molar-refractivity contribution in [2.24, 2.45) is 17.3 Å². The summed E-state index contributed by atoms with van der Waals surface area (Å²) >= 11 is 0. The summed E-state index contributed by atoms with van der Waals surface area (Å²) in [5.74, 6) is -1.08. The molecule has 2 heterocycles. The highest BCUT2D eigenvalue weighted by Crippen LogP contribution is 2.43. The topological polar surface area (TPSA) is 83.6 Å². The van der Waals surface area contributed by atoms with E-state index in [1.54, 1.807) is 0 Å². The second-order valence-corrected chi connectivity index (χ2v) is 7.00. The average Bonchev–Trinajstić information content (AvgIpc) is 2.74. The maximum Gasteiger partial charge on any atom is 0.242 e. The molecule has 1 saturated carbocycles. The Morgan fingerprint density at radius 1 is 0.955 bits per heavy atom. The zero-order valence-corrected chi connectivity index (χ0v) is 13.1. The first kappa shape index (κ1) is 15.2. The number of amides is 4. The Morgan fingerprint density at radius 3 is 1.77 bits per heavy atom. The molecule has 2 atom stereocenters. The second kappa shape index (κ2) is 5.18. The summed E-state index contributed by atoms with van der Waals surface area (Å²) in [6.45, 7) is 3.71. The van der Waals surface area contributed by atoms with Gasteiger partial charge in [0, 0.05) is 6.04 Å². The Bertz CT molecular complexity index is 510. The van der Waals surface area contributed by atoms with Gasteiger partial charge < -0.3 is 0 Å². The van der Waals surface area contributed by atoms with Crippen molar-refractivity contribution >= 4 is 23.6 Å². The number of fused-ring (bicyclic) bond motifs is 1. The van der Waals surface area contributed by atoms with E-state index in [1.807, 2.05) is 13.8 Å². The Kier molecular flexibility index (Phi) is 3.57. The lowest BCUT2D eigenvalue weighted by Crippen LogP contribution is -2.63. The lowest BCUT2D eigenvalue weighted by molar-refractivity contribution is -0.159. The summed E-state index contributed by atoms with van der Waals surface area (Å²) in [6, 6.07) is -0.110. The van der Waals surface area contributed by atoms with E-state index in [0.717, 1.165) is 0 Å². The number of carbonyl (C=O) groups excluding carboxylic acids is 4. The average molecular weight is 306 g/mol. The molecule has 0 bridgehead atoms. The predicted molar refractivity (Wildman–Crippen MR) is 77.3 cm³/mol. The van der Waals surface area contributed by atoms with Gasteiger partial charge in [0.15, 0.2) is 0 Å². The molecule has 3 fully saturated rings. The summed E-state index contributed by atoms with van der Waals surface area (Å²) in [5.41, 5.74) is -0.886. The molecule has 1 spiro atoms. The Balaban J connectivity index is 1.79. The minimum Gasteiger partial charge on any atom is -0.295 e. The molecule has 2 saturated heterocycles. The fourth-order valence-electron chi connectivity index (χ4n) is 4.18. The Morgan fingerprint density at radius 2 is 1.41 bits per heavy atom. The van der Waals surface area contributed by atoms with Crippen LogP contribution in [-0.4, -0.2) is 34.6 Å². The van der Waals surface area contributed by atoms with Gasteiger partial charge in [0.25, 0.3) is 0 Å². The molecule has 1 N–H and O–H groups in total. The van der Waals surface area contributed by atoms with E-state index in [1.165, 1.54) is 4.90 Å². The number of likely N-dealkylation sites (tertiary alicyclic amines) is 1. The molecule has 2 unspecified atom stereocenters. The SMILES string of the molecule is CC(C)N1C(=O)C2CCCC3(CCCC2C1=O)C(=O)NC3=O. The van der Waals surface area contributed by atoms with Crippen molar-refractivity contribution in [2.45, 2.75) is 58.4 Å².